The molecule has 5 nitrogen and oxygen atoms in total. The molecule has 1 amide bonds. The van der Waals surface area contributed by atoms with Crippen LogP contribution in [0, 0.1) is 0 Å². The molecule has 20 heavy (non-hydrogen) atoms. The van der Waals surface area contributed by atoms with E-state index in [0.717, 1.165) is 21.8 Å². The molecule has 6 heteroatoms. The molecular weight excluding hydrogens is 324 g/mol. The van der Waals surface area contributed by atoms with E-state index in [4.69, 9.17) is 9.84 Å². The van der Waals surface area contributed by atoms with Crippen molar-refractivity contribution >= 4 is 32.7 Å². The van der Waals surface area contributed by atoms with Crippen molar-refractivity contribution in [1.82, 2.24) is 10.3 Å². The van der Waals surface area contributed by atoms with Gasteiger partial charge in [0.05, 0.1) is 18.8 Å². The van der Waals surface area contributed by atoms with Crippen molar-refractivity contribution in [2.24, 2.45) is 0 Å². The molecule has 0 fully saturated rings. The van der Waals surface area contributed by atoms with Crippen molar-refractivity contribution in [1.29, 1.82) is 0 Å². The molecule has 1 aromatic heterocycles. The summed E-state index contributed by atoms with van der Waals surface area (Å²) in [5, 5.41) is 12.3. The fourth-order valence-corrected chi connectivity index (χ4v) is 2.54. The van der Waals surface area contributed by atoms with E-state index in [1.165, 1.54) is 0 Å². The second kappa shape index (κ2) is 7.42. The lowest BCUT2D eigenvalue weighted by Crippen LogP contribution is -2.25. The maximum Gasteiger partial charge on any atom is 0.253 e. The Labute approximate surface area is 125 Å². The molecule has 2 rings (SSSR count). The number of aliphatic hydroxyl groups is 1. The molecule has 0 bridgehead atoms. The maximum absolute atomic E-state index is 12.1. The first-order chi connectivity index (χ1) is 9.74. The number of halogens is 1. The highest BCUT2D eigenvalue weighted by Crippen LogP contribution is 2.26. The van der Waals surface area contributed by atoms with Crippen molar-refractivity contribution in [2.75, 3.05) is 26.4 Å². The zero-order valence-electron chi connectivity index (χ0n) is 11.0. The van der Waals surface area contributed by atoms with Crippen LogP contribution in [0.3, 0.4) is 0 Å². The molecule has 0 radical (unpaired) electrons. The lowest BCUT2D eigenvalue weighted by molar-refractivity contribution is 0.0868. The van der Waals surface area contributed by atoms with Crippen LogP contribution in [-0.4, -0.2) is 42.4 Å². The van der Waals surface area contributed by atoms with Crippen molar-refractivity contribution in [3.8, 4) is 0 Å². The largest absolute Gasteiger partial charge is 0.394 e. The quantitative estimate of drug-likeness (QED) is 0.675. The SMILES string of the molecule is O=C(NCCCOCCO)c1c[nH]c2cccc(Br)c12. The molecule has 3 N–H and O–H groups in total. The van der Waals surface area contributed by atoms with Gasteiger partial charge in [-0.05, 0) is 18.6 Å². The predicted molar refractivity (Wildman–Crippen MR) is 80.9 cm³/mol. The number of hydrogen-bond acceptors (Lipinski definition) is 3. The summed E-state index contributed by atoms with van der Waals surface area (Å²) < 4.78 is 6.03. The van der Waals surface area contributed by atoms with E-state index in [1.807, 2.05) is 18.2 Å². The Hall–Kier alpha value is -1.37. The first kappa shape index (κ1) is 15.0. The Morgan fingerprint density at radius 1 is 1.40 bits per heavy atom. The summed E-state index contributed by atoms with van der Waals surface area (Å²) in [6.45, 7) is 1.43. The number of fused-ring (bicyclic) bond motifs is 1. The first-order valence-corrected chi connectivity index (χ1v) is 7.25. The van der Waals surface area contributed by atoms with E-state index < -0.39 is 0 Å². The highest BCUT2D eigenvalue weighted by atomic mass is 79.9. The lowest BCUT2D eigenvalue weighted by atomic mass is 10.1. The topological polar surface area (TPSA) is 74.3 Å². The summed E-state index contributed by atoms with van der Waals surface area (Å²) in [4.78, 5) is 15.2. The van der Waals surface area contributed by atoms with Crippen LogP contribution in [0.25, 0.3) is 10.9 Å². The van der Waals surface area contributed by atoms with Gasteiger partial charge in [-0.3, -0.25) is 4.79 Å². The Morgan fingerprint density at radius 2 is 2.25 bits per heavy atom. The van der Waals surface area contributed by atoms with Crippen molar-refractivity contribution in [2.45, 2.75) is 6.42 Å². The smallest absolute Gasteiger partial charge is 0.253 e. The van der Waals surface area contributed by atoms with Crippen LogP contribution < -0.4 is 5.32 Å². The van der Waals surface area contributed by atoms with Gasteiger partial charge in [0.2, 0.25) is 0 Å². The molecule has 1 heterocycles. The molecule has 1 aromatic carbocycles. The molecule has 0 atom stereocenters. The number of rotatable bonds is 7. The number of hydrogen-bond donors (Lipinski definition) is 3. The van der Waals surface area contributed by atoms with E-state index in [2.05, 4.69) is 26.2 Å². The van der Waals surface area contributed by atoms with Crippen LogP contribution >= 0.6 is 15.9 Å². The number of amides is 1. The summed E-state index contributed by atoms with van der Waals surface area (Å²) >= 11 is 3.46. The van der Waals surface area contributed by atoms with Crippen LogP contribution in [0.15, 0.2) is 28.9 Å². The van der Waals surface area contributed by atoms with Crippen LogP contribution in [0.2, 0.25) is 0 Å². The number of aromatic nitrogens is 1. The summed E-state index contributed by atoms with van der Waals surface area (Å²) in [6, 6.07) is 5.76. The minimum Gasteiger partial charge on any atom is -0.394 e. The van der Waals surface area contributed by atoms with Crippen LogP contribution in [0.4, 0.5) is 0 Å². The Kier molecular flexibility index (Phi) is 5.58. The minimum absolute atomic E-state index is 0.0235. The van der Waals surface area contributed by atoms with Gasteiger partial charge in [-0.2, -0.15) is 0 Å². The highest BCUT2D eigenvalue weighted by molar-refractivity contribution is 9.10. The summed E-state index contributed by atoms with van der Waals surface area (Å²) in [5.41, 5.74) is 1.56. The zero-order chi connectivity index (χ0) is 14.4. The fraction of sp³-hybridized carbons (Fsp3) is 0.357. The van der Waals surface area contributed by atoms with Crippen molar-refractivity contribution in [3.05, 3.63) is 34.4 Å². The molecule has 108 valence electrons. The summed E-state index contributed by atoms with van der Waals surface area (Å²) in [7, 11) is 0. The maximum atomic E-state index is 12.1. The van der Waals surface area contributed by atoms with Gasteiger partial charge in [0, 0.05) is 34.7 Å². The standard InChI is InChI=1S/C14H17BrN2O3/c15-11-3-1-4-12-13(11)10(9-17-12)14(19)16-5-2-7-20-8-6-18/h1,3-4,9,17-18H,2,5-8H2,(H,16,19). The number of benzene rings is 1. The number of carbonyl (C=O) groups excluding carboxylic acids is 1. The number of nitrogens with one attached hydrogen (secondary N) is 2. The highest BCUT2D eigenvalue weighted by Gasteiger charge is 2.13. The number of ether oxygens (including phenoxy) is 1. The third-order valence-electron chi connectivity index (χ3n) is 2.89. The molecule has 0 aliphatic heterocycles. The van der Waals surface area contributed by atoms with E-state index in [1.54, 1.807) is 6.20 Å². The second-order valence-corrected chi connectivity index (χ2v) is 5.16. The Bertz CT molecular complexity index is 583. The fourth-order valence-electron chi connectivity index (χ4n) is 1.96. The monoisotopic (exact) mass is 340 g/mol. The van der Waals surface area contributed by atoms with Gasteiger partial charge in [-0.1, -0.05) is 22.0 Å². The zero-order valence-corrected chi connectivity index (χ0v) is 12.6. The summed E-state index contributed by atoms with van der Waals surface area (Å²) in [6.07, 6.45) is 2.43. The van der Waals surface area contributed by atoms with Gasteiger partial charge in [0.1, 0.15) is 0 Å². The number of carbonyl (C=O) groups is 1. The molecule has 0 saturated heterocycles. The third kappa shape index (κ3) is 3.59. The number of aromatic amines is 1. The average molecular weight is 341 g/mol. The second-order valence-electron chi connectivity index (χ2n) is 4.31. The Balaban J connectivity index is 1.91. The molecule has 2 aromatic rings. The molecule has 0 aliphatic carbocycles. The van der Waals surface area contributed by atoms with Gasteiger partial charge in [-0.15, -0.1) is 0 Å². The molecular formula is C14H17BrN2O3. The molecule has 0 saturated carbocycles. The molecule has 0 unspecified atom stereocenters. The first-order valence-electron chi connectivity index (χ1n) is 6.46. The molecule has 0 aliphatic rings. The lowest BCUT2D eigenvalue weighted by Gasteiger charge is -2.05. The van der Waals surface area contributed by atoms with Gasteiger partial charge in [0.25, 0.3) is 5.91 Å². The van der Waals surface area contributed by atoms with Crippen LogP contribution in [0.5, 0.6) is 0 Å². The van der Waals surface area contributed by atoms with E-state index in [-0.39, 0.29) is 12.5 Å². The third-order valence-corrected chi connectivity index (χ3v) is 3.55. The molecule has 0 spiro atoms. The van der Waals surface area contributed by atoms with Gasteiger partial charge in [-0.25, -0.2) is 0 Å². The van der Waals surface area contributed by atoms with E-state index in [0.29, 0.717) is 25.3 Å². The van der Waals surface area contributed by atoms with Gasteiger partial charge in [0.15, 0.2) is 0 Å². The van der Waals surface area contributed by atoms with Crippen molar-refractivity contribution < 1.29 is 14.6 Å². The van der Waals surface area contributed by atoms with Crippen molar-refractivity contribution in [3.63, 3.8) is 0 Å². The van der Waals surface area contributed by atoms with Gasteiger partial charge < -0.3 is 20.1 Å². The van der Waals surface area contributed by atoms with E-state index in [9.17, 15) is 4.79 Å². The van der Waals surface area contributed by atoms with E-state index >= 15 is 0 Å². The Morgan fingerprint density at radius 3 is 3.05 bits per heavy atom. The normalized spacial score (nSPS) is 10.9. The van der Waals surface area contributed by atoms with Crippen LogP contribution in [-0.2, 0) is 4.74 Å². The predicted octanol–water partition coefficient (Wildman–Crippen LogP) is 2.06. The van der Waals surface area contributed by atoms with Gasteiger partial charge >= 0.3 is 0 Å². The minimum atomic E-state index is -0.106. The number of aliphatic hydroxyl groups excluding tert-OH is 1. The number of H-pyrrole nitrogens is 1. The van der Waals surface area contributed by atoms with Crippen LogP contribution in [0.1, 0.15) is 16.8 Å². The summed E-state index contributed by atoms with van der Waals surface area (Å²) in [5.74, 6) is -0.106. The average Bonchev–Trinajstić information content (AvgIpc) is 2.88.